The number of hydrogen-bond acceptors (Lipinski definition) is 3. The van der Waals surface area contributed by atoms with E-state index in [-0.39, 0.29) is 11.9 Å². The zero-order chi connectivity index (χ0) is 20.2. The van der Waals surface area contributed by atoms with E-state index in [1.807, 2.05) is 48.3 Å². The molecule has 0 aromatic heterocycles. The van der Waals surface area contributed by atoms with Crippen molar-refractivity contribution in [2.75, 3.05) is 18.5 Å². The summed E-state index contributed by atoms with van der Waals surface area (Å²) in [4.78, 5) is 17.5. The van der Waals surface area contributed by atoms with Gasteiger partial charge in [0.05, 0.1) is 5.41 Å². The van der Waals surface area contributed by atoms with E-state index in [4.69, 9.17) is 11.6 Å². The number of carbonyl (C=O) groups is 1. The molecule has 5 heteroatoms. The van der Waals surface area contributed by atoms with E-state index >= 15 is 0 Å². The first-order chi connectivity index (χ1) is 14.0. The predicted molar refractivity (Wildman–Crippen MR) is 115 cm³/mol. The van der Waals surface area contributed by atoms with Gasteiger partial charge in [0.1, 0.15) is 0 Å². The highest BCUT2D eigenvalue weighted by Crippen LogP contribution is 2.57. The van der Waals surface area contributed by atoms with E-state index in [2.05, 4.69) is 12.1 Å². The number of nitrogens with zero attached hydrogens (tertiary/aromatic N) is 2. The summed E-state index contributed by atoms with van der Waals surface area (Å²) in [5.41, 5.74) is 0.658. The van der Waals surface area contributed by atoms with Crippen LogP contribution >= 0.6 is 11.6 Å². The monoisotopic (exact) mass is 410 g/mol. The van der Waals surface area contributed by atoms with Gasteiger partial charge in [-0.05, 0) is 48.6 Å². The molecule has 4 nitrogen and oxygen atoms in total. The molecule has 1 saturated carbocycles. The van der Waals surface area contributed by atoms with Crippen LogP contribution in [-0.4, -0.2) is 41.3 Å². The molecule has 0 bridgehead atoms. The number of likely N-dealkylation sites (N-methyl/N-ethyl adjacent to an activating group) is 1. The lowest BCUT2D eigenvalue weighted by molar-refractivity contribution is -0.147. The lowest BCUT2D eigenvalue weighted by atomic mass is 9.71. The zero-order valence-electron chi connectivity index (χ0n) is 16.8. The van der Waals surface area contributed by atoms with Crippen molar-refractivity contribution in [2.24, 2.45) is 0 Å². The topological polar surface area (TPSA) is 43.8 Å². The van der Waals surface area contributed by atoms with Gasteiger partial charge in [-0.25, -0.2) is 0 Å². The maximum absolute atomic E-state index is 13.8. The third kappa shape index (κ3) is 2.58. The molecule has 2 aromatic carbocycles. The quantitative estimate of drug-likeness (QED) is 0.827. The number of rotatable bonds is 3. The molecule has 5 rings (SSSR count). The first-order valence-electron chi connectivity index (χ1n) is 10.6. The van der Waals surface area contributed by atoms with Crippen LogP contribution < -0.4 is 4.90 Å². The van der Waals surface area contributed by atoms with Crippen molar-refractivity contribution in [3.05, 3.63) is 64.7 Å². The Morgan fingerprint density at radius 1 is 1.10 bits per heavy atom. The van der Waals surface area contributed by atoms with Crippen molar-refractivity contribution < 1.29 is 9.90 Å². The van der Waals surface area contributed by atoms with Crippen LogP contribution in [0.25, 0.3) is 0 Å². The Bertz CT molecular complexity index is 943. The van der Waals surface area contributed by atoms with E-state index < -0.39 is 11.1 Å². The highest BCUT2D eigenvalue weighted by atomic mass is 35.5. The highest BCUT2D eigenvalue weighted by molar-refractivity contribution is 6.30. The Morgan fingerprint density at radius 3 is 2.55 bits per heavy atom. The molecule has 3 aliphatic rings. The van der Waals surface area contributed by atoms with Crippen LogP contribution in [0.4, 0.5) is 5.69 Å². The fourth-order valence-electron chi connectivity index (χ4n) is 5.88. The normalized spacial score (nSPS) is 29.3. The van der Waals surface area contributed by atoms with Crippen LogP contribution in [0.3, 0.4) is 0 Å². The first-order valence-corrected chi connectivity index (χ1v) is 11.0. The molecule has 2 atom stereocenters. The standard InChI is InChI=1S/C24H27ClN2O2/c1-26-21-13-12-18(25)14-20(21)23(15-17-8-4-2-5-9-17)16-27(22(28)24(23,26)29)19-10-6-3-7-11-19/h2,4-5,8-9,12-14,19,29H,3,6-7,10-11,15-16H2,1H3. The molecule has 1 aliphatic carbocycles. The molecule has 1 N–H and O–H groups in total. The zero-order valence-corrected chi connectivity index (χ0v) is 17.5. The Balaban J connectivity index is 1.67. The maximum atomic E-state index is 13.8. The minimum absolute atomic E-state index is 0.157. The Morgan fingerprint density at radius 2 is 1.83 bits per heavy atom. The number of aliphatic hydroxyl groups is 1. The van der Waals surface area contributed by atoms with Gasteiger partial charge in [0.25, 0.3) is 5.91 Å². The molecule has 0 spiro atoms. The summed E-state index contributed by atoms with van der Waals surface area (Å²) in [6, 6.07) is 16.1. The minimum atomic E-state index is -1.59. The summed E-state index contributed by atoms with van der Waals surface area (Å²) in [5, 5.41) is 12.7. The Labute approximate surface area is 177 Å². The SMILES string of the molecule is CN1c2ccc(Cl)cc2C2(Cc3ccccc3)CN(C3CCCCC3)C(=O)C12O. The van der Waals surface area contributed by atoms with Crippen molar-refractivity contribution in [3.63, 3.8) is 0 Å². The second-order valence-electron chi connectivity index (χ2n) is 8.86. The molecule has 2 aromatic rings. The molecule has 1 saturated heterocycles. The van der Waals surface area contributed by atoms with E-state index in [0.717, 1.165) is 42.5 Å². The number of benzene rings is 2. The van der Waals surface area contributed by atoms with Crippen LogP contribution in [-0.2, 0) is 16.6 Å². The van der Waals surface area contributed by atoms with E-state index in [1.54, 1.807) is 4.90 Å². The van der Waals surface area contributed by atoms with Gasteiger partial charge in [-0.15, -0.1) is 0 Å². The molecule has 2 heterocycles. The molecule has 1 amide bonds. The summed E-state index contributed by atoms with van der Waals surface area (Å²) in [7, 11) is 1.84. The van der Waals surface area contributed by atoms with Crippen molar-refractivity contribution in [2.45, 2.75) is 55.7 Å². The summed E-state index contributed by atoms with van der Waals surface area (Å²) in [6.07, 6.45) is 6.17. The third-order valence-electron chi connectivity index (χ3n) is 7.35. The van der Waals surface area contributed by atoms with Crippen molar-refractivity contribution in [1.82, 2.24) is 4.90 Å². The second-order valence-corrected chi connectivity index (χ2v) is 9.30. The van der Waals surface area contributed by atoms with Gasteiger partial charge < -0.3 is 14.9 Å². The Kier molecular flexibility index (Phi) is 4.41. The van der Waals surface area contributed by atoms with Crippen molar-refractivity contribution in [3.8, 4) is 0 Å². The molecule has 152 valence electrons. The second kappa shape index (κ2) is 6.75. The summed E-state index contributed by atoms with van der Waals surface area (Å²) >= 11 is 6.39. The number of likely N-dealkylation sites (tertiary alicyclic amines) is 1. The van der Waals surface area contributed by atoms with Gasteiger partial charge in [0.2, 0.25) is 5.72 Å². The van der Waals surface area contributed by atoms with Crippen LogP contribution in [0, 0.1) is 0 Å². The third-order valence-corrected chi connectivity index (χ3v) is 7.59. The average Bonchev–Trinajstić information content (AvgIpc) is 3.07. The highest BCUT2D eigenvalue weighted by Gasteiger charge is 2.71. The van der Waals surface area contributed by atoms with Crippen LogP contribution in [0.2, 0.25) is 5.02 Å². The molecular weight excluding hydrogens is 384 g/mol. The molecule has 2 fully saturated rings. The molecule has 29 heavy (non-hydrogen) atoms. The lowest BCUT2D eigenvalue weighted by Gasteiger charge is -2.37. The van der Waals surface area contributed by atoms with Crippen LogP contribution in [0.1, 0.15) is 43.2 Å². The smallest absolute Gasteiger partial charge is 0.277 e. The maximum Gasteiger partial charge on any atom is 0.277 e. The van der Waals surface area contributed by atoms with Gasteiger partial charge in [-0.3, -0.25) is 4.79 Å². The first kappa shape index (κ1) is 19.0. The summed E-state index contributed by atoms with van der Waals surface area (Å²) in [5.74, 6) is -0.157. The number of carbonyl (C=O) groups excluding carboxylic acids is 1. The van der Waals surface area contributed by atoms with E-state index in [1.165, 1.54) is 6.42 Å². The number of anilines is 1. The summed E-state index contributed by atoms with van der Waals surface area (Å²) in [6.45, 7) is 0.527. The summed E-state index contributed by atoms with van der Waals surface area (Å²) < 4.78 is 0. The minimum Gasteiger partial charge on any atom is -0.362 e. The van der Waals surface area contributed by atoms with Gasteiger partial charge in [-0.2, -0.15) is 0 Å². The lowest BCUT2D eigenvalue weighted by Crippen LogP contribution is -2.60. The fraction of sp³-hybridized carbons (Fsp3) is 0.458. The van der Waals surface area contributed by atoms with Crippen molar-refractivity contribution >= 4 is 23.2 Å². The van der Waals surface area contributed by atoms with Gasteiger partial charge in [0, 0.05) is 30.3 Å². The molecular formula is C24H27ClN2O2. The number of amides is 1. The number of hydrogen-bond donors (Lipinski definition) is 1. The van der Waals surface area contributed by atoms with E-state index in [0.29, 0.717) is 18.0 Å². The van der Waals surface area contributed by atoms with Gasteiger partial charge in [-0.1, -0.05) is 61.2 Å². The molecule has 0 radical (unpaired) electrons. The van der Waals surface area contributed by atoms with Gasteiger partial charge >= 0.3 is 0 Å². The van der Waals surface area contributed by atoms with Crippen molar-refractivity contribution in [1.29, 1.82) is 0 Å². The van der Waals surface area contributed by atoms with Crippen LogP contribution in [0.5, 0.6) is 0 Å². The molecule has 2 unspecified atom stereocenters. The fourth-order valence-corrected chi connectivity index (χ4v) is 6.05. The average molecular weight is 411 g/mol. The van der Waals surface area contributed by atoms with Gasteiger partial charge in [0.15, 0.2) is 0 Å². The number of halogens is 1. The largest absolute Gasteiger partial charge is 0.362 e. The molecule has 2 aliphatic heterocycles. The van der Waals surface area contributed by atoms with E-state index in [9.17, 15) is 9.90 Å². The number of fused-ring (bicyclic) bond motifs is 3. The Hall–Kier alpha value is -2.04. The van der Waals surface area contributed by atoms with Crippen LogP contribution in [0.15, 0.2) is 48.5 Å². The predicted octanol–water partition coefficient (Wildman–Crippen LogP) is 4.13.